The molecule has 0 bridgehead atoms. The van der Waals surface area contributed by atoms with Crippen LogP contribution < -0.4 is 5.73 Å². The summed E-state index contributed by atoms with van der Waals surface area (Å²) < 4.78 is 47.0. The lowest BCUT2D eigenvalue weighted by Crippen LogP contribution is -2.16. The highest BCUT2D eigenvalue weighted by atomic mass is 32.2. The lowest BCUT2D eigenvalue weighted by Gasteiger charge is -2.16. The van der Waals surface area contributed by atoms with E-state index in [0.717, 1.165) is 12.5 Å². The van der Waals surface area contributed by atoms with Crippen LogP contribution in [0.2, 0.25) is 0 Å². The molecule has 1 atom stereocenters. The van der Waals surface area contributed by atoms with Gasteiger partial charge in [-0.15, -0.1) is 0 Å². The first-order valence-corrected chi connectivity index (χ1v) is 9.10. The van der Waals surface area contributed by atoms with Gasteiger partial charge in [-0.25, -0.2) is 16.8 Å². The summed E-state index contributed by atoms with van der Waals surface area (Å²) in [6, 6.07) is 4.44. The van der Waals surface area contributed by atoms with Gasteiger partial charge in [0.2, 0.25) is 0 Å². The highest BCUT2D eigenvalue weighted by Crippen LogP contribution is 2.29. The molecule has 1 unspecified atom stereocenters. The van der Waals surface area contributed by atoms with Gasteiger partial charge in [-0.3, -0.25) is 0 Å². The van der Waals surface area contributed by atoms with Gasteiger partial charge in [0.1, 0.15) is 0 Å². The minimum absolute atomic E-state index is 0.134. The van der Waals surface area contributed by atoms with E-state index in [1.54, 1.807) is 13.0 Å². The molecule has 7 heteroatoms. The summed E-state index contributed by atoms with van der Waals surface area (Å²) in [5.41, 5.74) is 5.98. The molecular weight excluding hydrogens is 274 g/mol. The molecular formula is C11H17NO4S2. The third-order valence-electron chi connectivity index (χ3n) is 2.66. The van der Waals surface area contributed by atoms with Gasteiger partial charge in [-0.1, -0.05) is 19.1 Å². The van der Waals surface area contributed by atoms with Crippen molar-refractivity contribution in [3.63, 3.8) is 0 Å². The molecule has 0 saturated heterocycles. The van der Waals surface area contributed by atoms with E-state index < -0.39 is 19.7 Å². The van der Waals surface area contributed by atoms with Gasteiger partial charge in [0.05, 0.1) is 9.79 Å². The molecule has 0 spiro atoms. The van der Waals surface area contributed by atoms with Crippen molar-refractivity contribution in [3.05, 3.63) is 23.8 Å². The standard InChI is InChI=1S/C11H17NO4S2/c1-8(7-12)9-5-4-6-10(17(2,13)14)11(9)18(3,15)16/h4-6,8H,7,12H2,1-3H3. The van der Waals surface area contributed by atoms with Crippen LogP contribution in [-0.2, 0) is 19.7 Å². The van der Waals surface area contributed by atoms with E-state index in [1.165, 1.54) is 12.1 Å². The molecule has 0 aliphatic heterocycles. The highest BCUT2D eigenvalue weighted by molar-refractivity contribution is 7.93. The Labute approximate surface area is 108 Å². The Morgan fingerprint density at radius 2 is 1.67 bits per heavy atom. The number of benzene rings is 1. The quantitative estimate of drug-likeness (QED) is 0.874. The second kappa shape index (κ2) is 4.99. The monoisotopic (exact) mass is 291 g/mol. The van der Waals surface area contributed by atoms with Crippen LogP contribution in [0.1, 0.15) is 18.4 Å². The van der Waals surface area contributed by atoms with Crippen molar-refractivity contribution in [1.29, 1.82) is 0 Å². The number of sulfone groups is 2. The first-order chi connectivity index (χ1) is 8.09. The van der Waals surface area contributed by atoms with Crippen LogP contribution in [0.3, 0.4) is 0 Å². The van der Waals surface area contributed by atoms with Gasteiger partial charge in [0.25, 0.3) is 0 Å². The van der Waals surface area contributed by atoms with Crippen molar-refractivity contribution >= 4 is 19.7 Å². The third kappa shape index (κ3) is 3.09. The maximum atomic E-state index is 11.8. The average molecular weight is 291 g/mol. The van der Waals surface area contributed by atoms with Gasteiger partial charge in [-0.05, 0) is 24.1 Å². The summed E-state index contributed by atoms with van der Waals surface area (Å²) in [5.74, 6) is -0.226. The van der Waals surface area contributed by atoms with E-state index in [2.05, 4.69) is 0 Å². The maximum absolute atomic E-state index is 11.8. The van der Waals surface area contributed by atoms with Crippen molar-refractivity contribution in [2.45, 2.75) is 22.6 Å². The molecule has 102 valence electrons. The van der Waals surface area contributed by atoms with E-state index in [0.29, 0.717) is 5.56 Å². The molecule has 2 N–H and O–H groups in total. The van der Waals surface area contributed by atoms with Crippen molar-refractivity contribution in [2.24, 2.45) is 5.73 Å². The van der Waals surface area contributed by atoms with Gasteiger partial charge in [0, 0.05) is 12.5 Å². The molecule has 0 amide bonds. The zero-order chi connectivity index (χ0) is 14.1. The molecule has 1 rings (SSSR count). The smallest absolute Gasteiger partial charge is 0.177 e. The van der Waals surface area contributed by atoms with Crippen LogP contribution in [0.25, 0.3) is 0 Å². The molecule has 1 aromatic carbocycles. The van der Waals surface area contributed by atoms with Crippen LogP contribution in [0, 0.1) is 0 Å². The summed E-state index contributed by atoms with van der Waals surface area (Å²) in [7, 11) is -7.24. The van der Waals surface area contributed by atoms with Gasteiger partial charge in [0.15, 0.2) is 19.7 Å². The zero-order valence-corrected chi connectivity index (χ0v) is 12.2. The Bertz CT molecular complexity index is 648. The van der Waals surface area contributed by atoms with Crippen molar-refractivity contribution in [1.82, 2.24) is 0 Å². The molecule has 0 aromatic heterocycles. The number of nitrogens with two attached hydrogens (primary N) is 1. The maximum Gasteiger partial charge on any atom is 0.177 e. The summed E-state index contributed by atoms with van der Waals surface area (Å²) in [6.45, 7) is 2.01. The van der Waals surface area contributed by atoms with E-state index in [-0.39, 0.29) is 22.3 Å². The zero-order valence-electron chi connectivity index (χ0n) is 10.5. The van der Waals surface area contributed by atoms with Gasteiger partial charge >= 0.3 is 0 Å². The van der Waals surface area contributed by atoms with Crippen molar-refractivity contribution in [2.75, 3.05) is 19.1 Å². The molecule has 0 saturated carbocycles. The number of hydrogen-bond donors (Lipinski definition) is 1. The summed E-state index contributed by atoms with van der Waals surface area (Å²) in [5, 5.41) is 0. The van der Waals surface area contributed by atoms with Crippen LogP contribution in [-0.4, -0.2) is 35.9 Å². The normalized spacial score (nSPS) is 14.4. The second-order valence-electron chi connectivity index (χ2n) is 4.36. The molecule has 18 heavy (non-hydrogen) atoms. The Morgan fingerprint density at radius 3 is 2.06 bits per heavy atom. The first kappa shape index (κ1) is 15.1. The fraction of sp³-hybridized carbons (Fsp3) is 0.455. The Morgan fingerprint density at radius 1 is 1.11 bits per heavy atom. The number of hydrogen-bond acceptors (Lipinski definition) is 5. The number of rotatable bonds is 4. The highest BCUT2D eigenvalue weighted by Gasteiger charge is 2.25. The molecule has 0 fully saturated rings. The topological polar surface area (TPSA) is 94.3 Å². The average Bonchev–Trinajstić information content (AvgIpc) is 2.24. The minimum Gasteiger partial charge on any atom is -0.330 e. The third-order valence-corrected chi connectivity index (χ3v) is 5.13. The molecule has 0 aliphatic rings. The van der Waals surface area contributed by atoms with Crippen LogP contribution in [0.5, 0.6) is 0 Å². The van der Waals surface area contributed by atoms with E-state index in [9.17, 15) is 16.8 Å². The predicted octanol–water partition coefficient (Wildman–Crippen LogP) is 0.556. The molecule has 5 nitrogen and oxygen atoms in total. The lowest BCUT2D eigenvalue weighted by molar-refractivity contribution is 0.585. The van der Waals surface area contributed by atoms with E-state index in [4.69, 9.17) is 5.73 Å². The predicted molar refractivity (Wildman–Crippen MR) is 70.1 cm³/mol. The largest absolute Gasteiger partial charge is 0.330 e. The van der Waals surface area contributed by atoms with Crippen LogP contribution in [0.15, 0.2) is 28.0 Å². The Balaban J connectivity index is 3.78. The van der Waals surface area contributed by atoms with Crippen LogP contribution >= 0.6 is 0 Å². The van der Waals surface area contributed by atoms with E-state index >= 15 is 0 Å². The fourth-order valence-electron chi connectivity index (χ4n) is 1.74. The van der Waals surface area contributed by atoms with Crippen molar-refractivity contribution < 1.29 is 16.8 Å². The fourth-order valence-corrected chi connectivity index (χ4v) is 4.56. The molecule has 0 heterocycles. The molecule has 0 aliphatic carbocycles. The van der Waals surface area contributed by atoms with E-state index in [1.807, 2.05) is 0 Å². The Hall–Kier alpha value is -0.920. The summed E-state index contributed by atoms with van der Waals surface area (Å²) in [6.07, 6.45) is 2.00. The first-order valence-electron chi connectivity index (χ1n) is 5.32. The molecule has 0 radical (unpaired) electrons. The lowest BCUT2D eigenvalue weighted by atomic mass is 10.0. The summed E-state index contributed by atoms with van der Waals surface area (Å²) in [4.78, 5) is -0.298. The van der Waals surface area contributed by atoms with Crippen molar-refractivity contribution in [3.8, 4) is 0 Å². The molecule has 1 aromatic rings. The minimum atomic E-state index is -3.64. The van der Waals surface area contributed by atoms with Gasteiger partial charge in [-0.2, -0.15) is 0 Å². The summed E-state index contributed by atoms with van der Waals surface area (Å²) >= 11 is 0. The van der Waals surface area contributed by atoms with Gasteiger partial charge < -0.3 is 5.73 Å². The SMILES string of the molecule is CC(CN)c1cccc(S(C)(=O)=O)c1S(C)(=O)=O. The Kier molecular flexibility index (Phi) is 4.19. The second-order valence-corrected chi connectivity index (χ2v) is 8.29. The van der Waals surface area contributed by atoms with Crippen LogP contribution in [0.4, 0.5) is 0 Å².